The summed E-state index contributed by atoms with van der Waals surface area (Å²) in [4.78, 5) is 10.4. The van der Waals surface area contributed by atoms with Gasteiger partial charge in [0.05, 0.1) is 12.7 Å². The van der Waals surface area contributed by atoms with Crippen LogP contribution in [0.25, 0.3) is 0 Å². The maximum atomic E-state index is 10.4. The van der Waals surface area contributed by atoms with E-state index in [-0.39, 0.29) is 42.3 Å². The Bertz CT molecular complexity index is 228. The van der Waals surface area contributed by atoms with Crippen LogP contribution in [0.2, 0.25) is 0 Å². The van der Waals surface area contributed by atoms with E-state index in [4.69, 9.17) is 5.11 Å². The molecular weight excluding hydrogens is 275 g/mol. The van der Waals surface area contributed by atoms with E-state index in [0.29, 0.717) is 0 Å². The molecule has 0 aliphatic heterocycles. The molecule has 3 N–H and O–H groups in total. The van der Waals surface area contributed by atoms with Gasteiger partial charge in [0.25, 0.3) is 0 Å². The molecule has 0 rings (SSSR count). The van der Waals surface area contributed by atoms with Gasteiger partial charge in [-0.05, 0) is 19.9 Å². The number of aliphatic carboxylic acids is 1. The van der Waals surface area contributed by atoms with Crippen molar-refractivity contribution < 1.29 is 9.90 Å². The third kappa shape index (κ3) is 20.4. The van der Waals surface area contributed by atoms with Crippen LogP contribution in [0.1, 0.15) is 78.1 Å². The van der Waals surface area contributed by atoms with Gasteiger partial charge in [-0.1, -0.05) is 64.7 Å². The van der Waals surface area contributed by atoms with Crippen LogP contribution in [0, 0.1) is 0 Å². The van der Waals surface area contributed by atoms with Crippen LogP contribution in [0.3, 0.4) is 0 Å². The molecule has 0 amide bonds. The van der Waals surface area contributed by atoms with Crippen molar-refractivity contribution in [3.8, 4) is 0 Å². The molecule has 0 fully saturated rings. The van der Waals surface area contributed by atoms with Crippen molar-refractivity contribution in [3.05, 3.63) is 0 Å². The first-order valence-electron chi connectivity index (χ1n) is 8.35. The standard InChI is InChI=1S/C16H34N2O2.Na.H/c1-3-4-5-6-7-8-9-10-11-12-13-17-15(2)18-14-16(19)20;;/h15,17-18H,3-14H2,1-2H3,(H,19,20);;. The number of hydrogen-bond donors (Lipinski definition) is 3. The molecule has 0 aliphatic carbocycles. The molecule has 21 heavy (non-hydrogen) atoms. The van der Waals surface area contributed by atoms with Crippen LogP contribution in [-0.4, -0.2) is 59.9 Å². The zero-order chi connectivity index (χ0) is 15.1. The summed E-state index contributed by atoms with van der Waals surface area (Å²) < 4.78 is 0. The van der Waals surface area contributed by atoms with Crippen LogP contribution in [-0.2, 0) is 4.79 Å². The van der Waals surface area contributed by atoms with Gasteiger partial charge in [-0.15, -0.1) is 0 Å². The maximum absolute atomic E-state index is 10.4. The average molecular weight is 310 g/mol. The summed E-state index contributed by atoms with van der Waals surface area (Å²) >= 11 is 0. The summed E-state index contributed by atoms with van der Waals surface area (Å²) in [6.45, 7) is 5.20. The predicted molar refractivity (Wildman–Crippen MR) is 92.1 cm³/mol. The zero-order valence-corrected chi connectivity index (χ0v) is 13.4. The van der Waals surface area contributed by atoms with Crippen molar-refractivity contribution in [1.29, 1.82) is 0 Å². The van der Waals surface area contributed by atoms with Crippen LogP contribution >= 0.6 is 0 Å². The monoisotopic (exact) mass is 310 g/mol. The first kappa shape index (κ1) is 23.7. The number of carbonyl (C=O) groups is 1. The number of rotatable bonds is 15. The molecule has 0 aromatic carbocycles. The van der Waals surface area contributed by atoms with Crippen molar-refractivity contribution in [3.63, 3.8) is 0 Å². The molecular formula is C16H35N2NaO2. The van der Waals surface area contributed by atoms with Gasteiger partial charge in [-0.25, -0.2) is 0 Å². The Morgan fingerprint density at radius 2 is 1.38 bits per heavy atom. The van der Waals surface area contributed by atoms with E-state index in [1.165, 1.54) is 64.2 Å². The number of nitrogens with one attached hydrogen (secondary N) is 2. The van der Waals surface area contributed by atoms with E-state index in [1.807, 2.05) is 6.92 Å². The van der Waals surface area contributed by atoms with Crippen LogP contribution in [0.5, 0.6) is 0 Å². The summed E-state index contributed by atoms with van der Waals surface area (Å²) in [6, 6.07) is 0. The van der Waals surface area contributed by atoms with Gasteiger partial charge in [-0.2, -0.15) is 0 Å². The Labute approximate surface area is 153 Å². The molecule has 0 saturated heterocycles. The minimum absolute atomic E-state index is 0. The molecule has 0 spiro atoms. The molecule has 0 bridgehead atoms. The first-order chi connectivity index (χ1) is 9.66. The van der Waals surface area contributed by atoms with Crippen LogP contribution < -0.4 is 10.6 Å². The van der Waals surface area contributed by atoms with Crippen molar-refractivity contribution in [2.24, 2.45) is 0 Å². The second-order valence-corrected chi connectivity index (χ2v) is 5.63. The number of unbranched alkanes of at least 4 members (excludes halogenated alkanes) is 9. The number of carboxylic acid groups (broad SMARTS) is 1. The van der Waals surface area contributed by atoms with Crippen molar-refractivity contribution in [2.75, 3.05) is 13.1 Å². The fourth-order valence-corrected chi connectivity index (χ4v) is 2.24. The summed E-state index contributed by atoms with van der Waals surface area (Å²) in [6.07, 6.45) is 13.5. The molecule has 0 saturated carbocycles. The van der Waals surface area contributed by atoms with Crippen LogP contribution in [0.15, 0.2) is 0 Å². The van der Waals surface area contributed by atoms with E-state index < -0.39 is 5.97 Å². The van der Waals surface area contributed by atoms with Crippen molar-refractivity contribution in [1.82, 2.24) is 10.6 Å². The molecule has 1 atom stereocenters. The fourth-order valence-electron chi connectivity index (χ4n) is 2.24. The van der Waals surface area contributed by atoms with Gasteiger partial charge < -0.3 is 10.4 Å². The van der Waals surface area contributed by atoms with Gasteiger partial charge >= 0.3 is 35.5 Å². The second kappa shape index (κ2) is 18.4. The van der Waals surface area contributed by atoms with Gasteiger partial charge in [0.2, 0.25) is 0 Å². The topological polar surface area (TPSA) is 61.4 Å². The summed E-state index contributed by atoms with van der Waals surface area (Å²) in [5.41, 5.74) is 0. The van der Waals surface area contributed by atoms with Gasteiger partial charge in [-0.3, -0.25) is 10.1 Å². The van der Waals surface area contributed by atoms with E-state index in [9.17, 15) is 4.79 Å². The summed E-state index contributed by atoms with van der Waals surface area (Å²) in [5, 5.41) is 14.7. The van der Waals surface area contributed by atoms with Gasteiger partial charge in [0.15, 0.2) is 0 Å². The Balaban J connectivity index is 0. The molecule has 0 heterocycles. The molecule has 0 aliphatic rings. The predicted octanol–water partition coefficient (Wildman–Crippen LogP) is 2.87. The summed E-state index contributed by atoms with van der Waals surface area (Å²) in [5.74, 6) is -0.808. The average Bonchev–Trinajstić information content (AvgIpc) is 2.42. The van der Waals surface area contributed by atoms with Crippen molar-refractivity contribution in [2.45, 2.75) is 84.2 Å². The molecule has 0 aromatic heterocycles. The quantitative estimate of drug-likeness (QED) is 0.247. The first-order valence-corrected chi connectivity index (χ1v) is 8.35. The Kier molecular flexibility index (Phi) is 20.8. The number of carboxylic acids is 1. The molecule has 5 heteroatoms. The van der Waals surface area contributed by atoms with Gasteiger partial charge in [0, 0.05) is 0 Å². The molecule has 0 radical (unpaired) electrons. The Hall–Kier alpha value is 0.390. The van der Waals surface area contributed by atoms with E-state index in [0.717, 1.165) is 6.54 Å². The molecule has 122 valence electrons. The number of hydrogen-bond acceptors (Lipinski definition) is 3. The fraction of sp³-hybridized carbons (Fsp3) is 0.938. The van der Waals surface area contributed by atoms with Crippen LogP contribution in [0.4, 0.5) is 0 Å². The molecule has 1 unspecified atom stereocenters. The van der Waals surface area contributed by atoms with Crippen molar-refractivity contribution >= 4 is 35.5 Å². The van der Waals surface area contributed by atoms with Gasteiger partial charge in [0.1, 0.15) is 0 Å². The van der Waals surface area contributed by atoms with E-state index >= 15 is 0 Å². The van der Waals surface area contributed by atoms with E-state index in [1.54, 1.807) is 0 Å². The minimum atomic E-state index is -0.808. The Morgan fingerprint density at radius 3 is 1.86 bits per heavy atom. The molecule has 4 nitrogen and oxygen atoms in total. The third-order valence-corrected chi connectivity index (χ3v) is 3.54. The van der Waals surface area contributed by atoms with E-state index in [2.05, 4.69) is 17.6 Å². The second-order valence-electron chi connectivity index (χ2n) is 5.63. The third-order valence-electron chi connectivity index (χ3n) is 3.54. The summed E-state index contributed by atoms with van der Waals surface area (Å²) in [7, 11) is 0. The Morgan fingerprint density at radius 1 is 0.905 bits per heavy atom. The normalized spacial score (nSPS) is 11.9. The SMILES string of the molecule is CCCCCCCCCCCCNC(C)NCC(=O)O.[NaH]. The molecule has 0 aromatic rings. The zero-order valence-electron chi connectivity index (χ0n) is 13.4.